The van der Waals surface area contributed by atoms with Crippen LogP contribution >= 0.6 is 0 Å². The quantitative estimate of drug-likeness (QED) is 0.687. The molecule has 3 heterocycles. The Morgan fingerprint density at radius 2 is 1.76 bits per heavy atom. The summed E-state index contributed by atoms with van der Waals surface area (Å²) in [6.45, 7) is 1.86. The number of carbonyl (C=O) groups excluding carboxylic acids is 3. The van der Waals surface area contributed by atoms with Gasteiger partial charge in [0.25, 0.3) is 11.8 Å². The third-order valence-electron chi connectivity index (χ3n) is 4.87. The number of para-hydroxylation sites is 1. The molecule has 29 heavy (non-hydrogen) atoms. The lowest BCUT2D eigenvalue weighted by molar-refractivity contribution is -0.119. The maximum absolute atomic E-state index is 12.8. The number of aromatic nitrogens is 2. The predicted octanol–water partition coefficient (Wildman–Crippen LogP) is 1.80. The third kappa shape index (κ3) is 3.91. The molecule has 146 valence electrons. The molecule has 1 saturated heterocycles. The van der Waals surface area contributed by atoms with Crippen molar-refractivity contribution in [2.24, 2.45) is 0 Å². The fourth-order valence-electron chi connectivity index (χ4n) is 3.28. The van der Waals surface area contributed by atoms with Crippen molar-refractivity contribution >= 4 is 34.8 Å². The highest BCUT2D eigenvalue weighted by Crippen LogP contribution is 2.21. The van der Waals surface area contributed by atoms with Crippen LogP contribution in [-0.2, 0) is 4.79 Å². The topological polar surface area (TPSA) is 95.5 Å². The van der Waals surface area contributed by atoms with Crippen LogP contribution in [0.1, 0.15) is 20.8 Å². The van der Waals surface area contributed by atoms with E-state index in [0.717, 1.165) is 11.8 Å². The lowest BCUT2D eigenvalue weighted by atomic mass is 10.1. The second-order valence-corrected chi connectivity index (χ2v) is 6.70. The molecule has 3 aromatic rings. The molecule has 8 nitrogen and oxygen atoms in total. The summed E-state index contributed by atoms with van der Waals surface area (Å²) in [4.78, 5) is 48.0. The van der Waals surface area contributed by atoms with Crippen LogP contribution in [0.5, 0.6) is 0 Å². The number of fused-ring (bicyclic) bond motifs is 1. The summed E-state index contributed by atoms with van der Waals surface area (Å²) in [5, 5.41) is 3.78. The molecule has 1 aliphatic rings. The van der Waals surface area contributed by atoms with E-state index >= 15 is 0 Å². The number of hydrogen-bond donors (Lipinski definition) is 1. The van der Waals surface area contributed by atoms with Crippen LogP contribution in [0.25, 0.3) is 10.9 Å². The zero-order valence-corrected chi connectivity index (χ0v) is 15.6. The summed E-state index contributed by atoms with van der Waals surface area (Å²) in [6, 6.07) is 12.4. The summed E-state index contributed by atoms with van der Waals surface area (Å²) < 4.78 is 0. The third-order valence-corrected chi connectivity index (χ3v) is 4.87. The van der Waals surface area contributed by atoms with Gasteiger partial charge in [-0.2, -0.15) is 0 Å². The van der Waals surface area contributed by atoms with E-state index in [1.54, 1.807) is 28.1 Å². The number of nitrogens with zero attached hydrogens (tertiary/aromatic N) is 4. The first-order valence-electron chi connectivity index (χ1n) is 9.25. The van der Waals surface area contributed by atoms with E-state index in [2.05, 4.69) is 15.3 Å². The van der Waals surface area contributed by atoms with Gasteiger partial charge in [0.15, 0.2) is 0 Å². The van der Waals surface area contributed by atoms with Crippen LogP contribution in [0.2, 0.25) is 0 Å². The fourth-order valence-corrected chi connectivity index (χ4v) is 3.28. The highest BCUT2D eigenvalue weighted by atomic mass is 16.2. The van der Waals surface area contributed by atoms with Crippen LogP contribution in [0, 0.1) is 0 Å². The lowest BCUT2D eigenvalue weighted by Gasteiger charge is -2.32. The SMILES string of the molecule is O=CN1CCN(C(=O)c2cc(C(=O)Nc3cccc4cccnc34)ccn2)CC1. The van der Waals surface area contributed by atoms with Crippen LogP contribution in [0.3, 0.4) is 0 Å². The van der Waals surface area contributed by atoms with E-state index in [9.17, 15) is 14.4 Å². The molecule has 0 radical (unpaired) electrons. The van der Waals surface area contributed by atoms with Gasteiger partial charge in [0.2, 0.25) is 6.41 Å². The normalized spacial score (nSPS) is 13.9. The van der Waals surface area contributed by atoms with Crippen molar-refractivity contribution in [2.75, 3.05) is 31.5 Å². The van der Waals surface area contributed by atoms with Gasteiger partial charge in [0.1, 0.15) is 5.69 Å². The van der Waals surface area contributed by atoms with Crippen molar-refractivity contribution in [3.63, 3.8) is 0 Å². The minimum atomic E-state index is -0.342. The Kier molecular flexibility index (Phi) is 5.15. The molecule has 0 bridgehead atoms. The summed E-state index contributed by atoms with van der Waals surface area (Å²) in [5.41, 5.74) is 1.83. The van der Waals surface area contributed by atoms with Crippen LogP contribution < -0.4 is 5.32 Å². The molecular formula is C21H19N5O3. The Hall–Kier alpha value is -3.81. The molecular weight excluding hydrogens is 370 g/mol. The molecule has 3 amide bonds. The van der Waals surface area contributed by atoms with Crippen molar-refractivity contribution in [3.8, 4) is 0 Å². The summed E-state index contributed by atoms with van der Waals surface area (Å²) in [6.07, 6.45) is 3.91. The van der Waals surface area contributed by atoms with Gasteiger partial charge < -0.3 is 15.1 Å². The van der Waals surface area contributed by atoms with Crippen molar-refractivity contribution in [2.45, 2.75) is 0 Å². The molecule has 0 spiro atoms. The monoisotopic (exact) mass is 389 g/mol. The van der Waals surface area contributed by atoms with Gasteiger partial charge in [0, 0.05) is 49.5 Å². The Labute approximate surface area is 167 Å². The largest absolute Gasteiger partial charge is 0.342 e. The molecule has 1 aliphatic heterocycles. The molecule has 0 unspecified atom stereocenters. The molecule has 1 N–H and O–H groups in total. The van der Waals surface area contributed by atoms with Gasteiger partial charge in [-0.3, -0.25) is 24.4 Å². The maximum Gasteiger partial charge on any atom is 0.272 e. The summed E-state index contributed by atoms with van der Waals surface area (Å²) in [5.74, 6) is -0.595. The summed E-state index contributed by atoms with van der Waals surface area (Å²) >= 11 is 0. The van der Waals surface area contributed by atoms with Crippen LogP contribution in [0.15, 0.2) is 54.9 Å². The van der Waals surface area contributed by atoms with E-state index in [1.807, 2.05) is 24.3 Å². The number of hydrogen-bond acceptors (Lipinski definition) is 5. The maximum atomic E-state index is 12.8. The standard InChI is InChI=1S/C21H19N5O3/c27-14-25-9-11-26(12-10-25)21(29)18-13-16(6-8-22-18)20(28)24-17-5-1-3-15-4-2-7-23-19(15)17/h1-8,13-14H,9-12H2,(H,24,28). The van der Waals surface area contributed by atoms with Crippen molar-refractivity contribution in [1.29, 1.82) is 0 Å². The molecule has 0 aliphatic carbocycles. The minimum absolute atomic E-state index is 0.202. The average Bonchev–Trinajstić information content (AvgIpc) is 2.79. The average molecular weight is 389 g/mol. The molecule has 0 saturated carbocycles. The van der Waals surface area contributed by atoms with E-state index in [-0.39, 0.29) is 17.5 Å². The van der Waals surface area contributed by atoms with Crippen LogP contribution in [0.4, 0.5) is 5.69 Å². The molecule has 4 rings (SSSR count). The number of rotatable bonds is 4. The van der Waals surface area contributed by atoms with Gasteiger partial charge in [-0.15, -0.1) is 0 Å². The molecule has 1 aromatic carbocycles. The van der Waals surface area contributed by atoms with E-state index < -0.39 is 0 Å². The lowest BCUT2D eigenvalue weighted by Crippen LogP contribution is -2.48. The van der Waals surface area contributed by atoms with Gasteiger partial charge in [-0.25, -0.2) is 0 Å². The zero-order chi connectivity index (χ0) is 20.2. The van der Waals surface area contributed by atoms with Crippen molar-refractivity contribution in [1.82, 2.24) is 19.8 Å². The first kappa shape index (κ1) is 18.5. The van der Waals surface area contributed by atoms with Crippen molar-refractivity contribution in [3.05, 3.63) is 66.1 Å². The Morgan fingerprint density at radius 3 is 2.55 bits per heavy atom. The summed E-state index contributed by atoms with van der Waals surface area (Å²) in [7, 11) is 0. The van der Waals surface area contributed by atoms with Gasteiger partial charge in [-0.05, 0) is 24.3 Å². The van der Waals surface area contributed by atoms with Crippen LogP contribution in [-0.4, -0.2) is 64.2 Å². The minimum Gasteiger partial charge on any atom is -0.342 e. The van der Waals surface area contributed by atoms with Crippen molar-refractivity contribution < 1.29 is 14.4 Å². The number of carbonyl (C=O) groups is 3. The van der Waals surface area contributed by atoms with Gasteiger partial charge in [0.05, 0.1) is 11.2 Å². The first-order chi connectivity index (χ1) is 14.2. The Morgan fingerprint density at radius 1 is 0.966 bits per heavy atom. The molecule has 0 atom stereocenters. The van der Waals surface area contributed by atoms with Gasteiger partial charge >= 0.3 is 0 Å². The number of benzene rings is 1. The van der Waals surface area contributed by atoms with Gasteiger partial charge in [-0.1, -0.05) is 18.2 Å². The number of nitrogens with one attached hydrogen (secondary N) is 1. The first-order valence-corrected chi connectivity index (χ1v) is 9.25. The zero-order valence-electron chi connectivity index (χ0n) is 15.6. The molecule has 1 fully saturated rings. The number of piperazine rings is 1. The second kappa shape index (κ2) is 8.05. The predicted molar refractivity (Wildman–Crippen MR) is 107 cm³/mol. The van der Waals surface area contributed by atoms with E-state index in [4.69, 9.17) is 0 Å². The Balaban J connectivity index is 1.51. The highest BCUT2D eigenvalue weighted by molar-refractivity contribution is 6.09. The number of pyridine rings is 2. The Bertz CT molecular complexity index is 1070. The molecule has 2 aromatic heterocycles. The molecule has 8 heteroatoms. The highest BCUT2D eigenvalue weighted by Gasteiger charge is 2.23. The number of amides is 3. The van der Waals surface area contributed by atoms with E-state index in [1.165, 1.54) is 12.3 Å². The second-order valence-electron chi connectivity index (χ2n) is 6.70. The number of anilines is 1. The van der Waals surface area contributed by atoms with E-state index in [0.29, 0.717) is 42.9 Å². The smallest absolute Gasteiger partial charge is 0.272 e. The fraction of sp³-hybridized carbons (Fsp3) is 0.190.